The summed E-state index contributed by atoms with van der Waals surface area (Å²) in [5, 5.41) is 8.96. The van der Waals surface area contributed by atoms with Gasteiger partial charge in [-0.3, -0.25) is 9.59 Å². The Labute approximate surface area is 125 Å². The number of carboxylic acids is 1. The van der Waals surface area contributed by atoms with Gasteiger partial charge in [0.25, 0.3) is 0 Å². The van der Waals surface area contributed by atoms with Gasteiger partial charge in [-0.2, -0.15) is 4.31 Å². The summed E-state index contributed by atoms with van der Waals surface area (Å²) in [4.78, 5) is 24.9. The van der Waals surface area contributed by atoms with E-state index in [4.69, 9.17) is 5.11 Å². The fourth-order valence-electron chi connectivity index (χ4n) is 2.77. The Kier molecular flexibility index (Phi) is 4.88. The molecule has 2 fully saturated rings. The Morgan fingerprint density at radius 1 is 1.24 bits per heavy atom. The van der Waals surface area contributed by atoms with Crippen LogP contribution in [-0.2, 0) is 19.6 Å². The molecule has 1 unspecified atom stereocenters. The Morgan fingerprint density at radius 3 is 2.43 bits per heavy atom. The van der Waals surface area contributed by atoms with Crippen molar-refractivity contribution in [3.63, 3.8) is 0 Å². The highest BCUT2D eigenvalue weighted by Gasteiger charge is 2.38. The number of nitrogens with zero attached hydrogens (tertiary/aromatic N) is 2. The van der Waals surface area contributed by atoms with E-state index < -0.39 is 22.0 Å². The molecule has 7 nitrogen and oxygen atoms in total. The highest BCUT2D eigenvalue weighted by atomic mass is 32.2. The molecule has 0 aromatic rings. The lowest BCUT2D eigenvalue weighted by Gasteiger charge is -2.35. The molecule has 1 heterocycles. The Hall–Kier alpha value is -1.15. The predicted octanol–water partition coefficient (Wildman–Crippen LogP) is 0.124. The van der Waals surface area contributed by atoms with Crippen LogP contribution >= 0.6 is 0 Å². The Bertz CT molecular complexity index is 515. The number of rotatable bonds is 6. The third-order valence-corrected chi connectivity index (χ3v) is 5.27. The van der Waals surface area contributed by atoms with Crippen molar-refractivity contribution in [3.05, 3.63) is 0 Å². The summed E-state index contributed by atoms with van der Waals surface area (Å²) in [5.74, 6) is -1.07. The van der Waals surface area contributed by atoms with Crippen LogP contribution in [0.4, 0.5) is 0 Å². The van der Waals surface area contributed by atoms with E-state index in [0.29, 0.717) is 25.4 Å². The van der Waals surface area contributed by atoms with Crippen LogP contribution in [0.1, 0.15) is 32.1 Å². The third-order valence-electron chi connectivity index (χ3n) is 3.98. The second-order valence-corrected chi connectivity index (χ2v) is 7.88. The summed E-state index contributed by atoms with van der Waals surface area (Å²) in [6.45, 7) is 0.391. The predicted molar refractivity (Wildman–Crippen MR) is 76.1 cm³/mol. The number of amides is 1. The molecular weight excluding hydrogens is 296 g/mol. The molecule has 1 saturated carbocycles. The van der Waals surface area contributed by atoms with Gasteiger partial charge in [-0.05, 0) is 31.6 Å². The molecule has 1 aliphatic heterocycles. The van der Waals surface area contributed by atoms with E-state index in [-0.39, 0.29) is 12.5 Å². The van der Waals surface area contributed by atoms with Crippen molar-refractivity contribution in [2.24, 2.45) is 5.92 Å². The normalized spacial score (nSPS) is 23.8. The van der Waals surface area contributed by atoms with Crippen LogP contribution in [0.25, 0.3) is 0 Å². The lowest BCUT2D eigenvalue weighted by molar-refractivity contribution is -0.146. The smallest absolute Gasteiger partial charge is 0.323 e. The van der Waals surface area contributed by atoms with E-state index in [1.807, 2.05) is 0 Å². The van der Waals surface area contributed by atoms with E-state index in [9.17, 15) is 18.0 Å². The maximum absolute atomic E-state index is 12.6. The number of carbonyl (C=O) groups is 2. The molecule has 0 spiro atoms. The average molecular weight is 318 g/mol. The molecule has 2 aliphatic rings. The zero-order valence-electron chi connectivity index (χ0n) is 12.2. The molecule has 1 saturated heterocycles. The Morgan fingerprint density at radius 2 is 1.90 bits per heavy atom. The van der Waals surface area contributed by atoms with Gasteiger partial charge in [0, 0.05) is 13.1 Å². The van der Waals surface area contributed by atoms with Crippen molar-refractivity contribution < 1.29 is 23.1 Å². The van der Waals surface area contributed by atoms with Gasteiger partial charge in [-0.25, -0.2) is 8.42 Å². The van der Waals surface area contributed by atoms with E-state index in [0.717, 1.165) is 31.9 Å². The molecular formula is C13H22N2O5S. The van der Waals surface area contributed by atoms with Crippen LogP contribution in [-0.4, -0.2) is 66.5 Å². The molecule has 1 amide bonds. The average Bonchev–Trinajstić information content (AvgIpc) is 3.19. The van der Waals surface area contributed by atoms with Crippen LogP contribution in [0.2, 0.25) is 0 Å². The molecule has 0 aromatic heterocycles. The van der Waals surface area contributed by atoms with Gasteiger partial charge < -0.3 is 10.0 Å². The van der Waals surface area contributed by atoms with E-state index in [1.165, 1.54) is 9.21 Å². The molecule has 0 radical (unpaired) electrons. The second-order valence-electron chi connectivity index (χ2n) is 5.94. The van der Waals surface area contributed by atoms with Gasteiger partial charge >= 0.3 is 5.97 Å². The number of carbonyl (C=O) groups excluding carboxylic acids is 1. The largest absolute Gasteiger partial charge is 0.480 e. The van der Waals surface area contributed by atoms with Crippen molar-refractivity contribution in [3.8, 4) is 0 Å². The molecule has 0 bridgehead atoms. The van der Waals surface area contributed by atoms with Gasteiger partial charge in [0.05, 0.1) is 6.26 Å². The highest BCUT2D eigenvalue weighted by Crippen LogP contribution is 2.30. The molecule has 0 aromatic carbocycles. The van der Waals surface area contributed by atoms with E-state index >= 15 is 0 Å². The maximum Gasteiger partial charge on any atom is 0.323 e. The van der Waals surface area contributed by atoms with Crippen LogP contribution in [0.5, 0.6) is 0 Å². The fraction of sp³-hybridized carbons (Fsp3) is 0.846. The van der Waals surface area contributed by atoms with Crippen molar-refractivity contribution >= 4 is 21.9 Å². The van der Waals surface area contributed by atoms with E-state index in [2.05, 4.69) is 0 Å². The van der Waals surface area contributed by atoms with Crippen molar-refractivity contribution in [1.29, 1.82) is 0 Å². The fourth-order valence-corrected chi connectivity index (χ4v) is 3.89. The first-order valence-corrected chi connectivity index (χ1v) is 9.11. The van der Waals surface area contributed by atoms with Gasteiger partial charge in [0.15, 0.2) is 0 Å². The first-order chi connectivity index (χ1) is 9.79. The minimum atomic E-state index is -3.46. The van der Waals surface area contributed by atoms with Gasteiger partial charge in [0.2, 0.25) is 15.9 Å². The number of piperidine rings is 1. The Balaban J connectivity index is 2.14. The monoisotopic (exact) mass is 318 g/mol. The first-order valence-electron chi connectivity index (χ1n) is 7.26. The SMILES string of the molecule is CS(=O)(=O)N1CCCCC1C(=O)N(CC(=O)O)CC1CC1. The summed E-state index contributed by atoms with van der Waals surface area (Å²) in [6, 6.07) is -0.744. The number of hydrogen-bond acceptors (Lipinski definition) is 4. The molecule has 120 valence electrons. The van der Waals surface area contributed by atoms with Crippen molar-refractivity contribution in [1.82, 2.24) is 9.21 Å². The zero-order valence-corrected chi connectivity index (χ0v) is 13.0. The maximum atomic E-state index is 12.6. The van der Waals surface area contributed by atoms with Gasteiger partial charge in [0.1, 0.15) is 12.6 Å². The number of aliphatic carboxylic acids is 1. The minimum absolute atomic E-state index is 0.333. The van der Waals surface area contributed by atoms with Crippen LogP contribution < -0.4 is 0 Å². The lowest BCUT2D eigenvalue weighted by Crippen LogP contribution is -2.53. The molecule has 8 heteroatoms. The molecule has 2 rings (SSSR count). The van der Waals surface area contributed by atoms with Crippen LogP contribution in [0, 0.1) is 5.92 Å². The number of carboxylic acid groups (broad SMARTS) is 1. The van der Waals surface area contributed by atoms with Gasteiger partial charge in [-0.1, -0.05) is 6.42 Å². The highest BCUT2D eigenvalue weighted by molar-refractivity contribution is 7.88. The summed E-state index contributed by atoms with van der Waals surface area (Å²) < 4.78 is 24.9. The van der Waals surface area contributed by atoms with Crippen molar-refractivity contribution in [2.45, 2.75) is 38.1 Å². The number of hydrogen-bond donors (Lipinski definition) is 1. The summed E-state index contributed by atoms with van der Waals surface area (Å²) in [5.41, 5.74) is 0. The van der Waals surface area contributed by atoms with Crippen molar-refractivity contribution in [2.75, 3.05) is 25.9 Å². The van der Waals surface area contributed by atoms with E-state index in [1.54, 1.807) is 0 Å². The van der Waals surface area contributed by atoms with Gasteiger partial charge in [-0.15, -0.1) is 0 Å². The lowest BCUT2D eigenvalue weighted by atomic mass is 10.0. The zero-order chi connectivity index (χ0) is 15.6. The summed E-state index contributed by atoms with van der Waals surface area (Å²) in [7, 11) is -3.46. The summed E-state index contributed by atoms with van der Waals surface area (Å²) >= 11 is 0. The van der Waals surface area contributed by atoms with Crippen LogP contribution in [0.15, 0.2) is 0 Å². The topological polar surface area (TPSA) is 95.0 Å². The quantitative estimate of drug-likeness (QED) is 0.751. The molecule has 1 aliphatic carbocycles. The van der Waals surface area contributed by atoms with Crippen LogP contribution in [0.3, 0.4) is 0 Å². The number of sulfonamides is 1. The molecule has 21 heavy (non-hydrogen) atoms. The standard InChI is InChI=1S/C13H22N2O5S/c1-21(19,20)15-7-3-2-4-11(15)13(18)14(9-12(16)17)8-10-5-6-10/h10-11H,2-9H2,1H3,(H,16,17). The third kappa shape index (κ3) is 4.41. The molecule has 1 N–H and O–H groups in total. The second kappa shape index (κ2) is 6.31. The minimum Gasteiger partial charge on any atom is -0.480 e. The molecule has 1 atom stereocenters. The summed E-state index contributed by atoms with van der Waals surface area (Å²) in [6.07, 6.45) is 5.09. The first kappa shape index (κ1) is 16.2.